The van der Waals surface area contributed by atoms with E-state index in [9.17, 15) is 9.90 Å². The van der Waals surface area contributed by atoms with Gasteiger partial charge in [0.15, 0.2) is 0 Å². The Morgan fingerprint density at radius 2 is 2.05 bits per heavy atom. The Bertz CT molecular complexity index is 370. The molecule has 0 radical (unpaired) electrons. The Hall–Kier alpha value is -1.00. The number of thioether (sulfide) groups is 1. The summed E-state index contributed by atoms with van der Waals surface area (Å²) in [6, 6.07) is 9.51. The summed E-state index contributed by atoms with van der Waals surface area (Å²) in [5.74, 6) is 1.56. The molecule has 0 fully saturated rings. The number of aliphatic hydroxyl groups excluding tert-OH is 1. The molecule has 0 aliphatic heterocycles. The van der Waals surface area contributed by atoms with Crippen LogP contribution < -0.4 is 5.32 Å². The van der Waals surface area contributed by atoms with Gasteiger partial charge in [-0.3, -0.25) is 4.79 Å². The van der Waals surface area contributed by atoms with E-state index in [1.54, 1.807) is 11.8 Å². The molecule has 0 saturated heterocycles. The van der Waals surface area contributed by atoms with Crippen LogP contribution in [0.1, 0.15) is 38.4 Å². The molecule has 0 bridgehead atoms. The van der Waals surface area contributed by atoms with Crippen molar-refractivity contribution in [1.29, 1.82) is 0 Å². The van der Waals surface area contributed by atoms with E-state index >= 15 is 0 Å². The monoisotopic (exact) mass is 281 g/mol. The fourth-order valence-corrected chi connectivity index (χ4v) is 2.53. The molecule has 0 aliphatic rings. The molecule has 1 rings (SSSR count). The number of hydrogen-bond acceptors (Lipinski definition) is 3. The minimum atomic E-state index is -0.528. The molecule has 1 aromatic carbocycles. The van der Waals surface area contributed by atoms with Crippen LogP contribution in [0, 0.1) is 0 Å². The molecular formula is C15H23NO2S. The average Bonchev–Trinajstić information content (AvgIpc) is 2.39. The van der Waals surface area contributed by atoms with Crippen molar-refractivity contribution in [2.45, 2.75) is 38.8 Å². The lowest BCUT2D eigenvalue weighted by Gasteiger charge is -2.18. The Morgan fingerprint density at radius 1 is 1.37 bits per heavy atom. The minimum absolute atomic E-state index is 0.0232. The summed E-state index contributed by atoms with van der Waals surface area (Å²) in [6.07, 6.45) is 1.09. The Balaban J connectivity index is 2.30. The fourth-order valence-electron chi connectivity index (χ4n) is 1.83. The molecule has 0 spiro atoms. The number of amides is 1. The van der Waals surface area contributed by atoms with Crippen molar-refractivity contribution in [3.05, 3.63) is 35.9 Å². The van der Waals surface area contributed by atoms with Crippen molar-refractivity contribution in [3.8, 4) is 0 Å². The van der Waals surface area contributed by atoms with Crippen LogP contribution in [0.5, 0.6) is 0 Å². The second kappa shape index (κ2) is 8.99. The highest BCUT2D eigenvalue weighted by Gasteiger charge is 2.13. The van der Waals surface area contributed by atoms with Crippen LogP contribution in [-0.2, 0) is 4.79 Å². The summed E-state index contributed by atoms with van der Waals surface area (Å²) in [5.41, 5.74) is 0.893. The van der Waals surface area contributed by atoms with Gasteiger partial charge in [0.05, 0.1) is 11.9 Å². The van der Waals surface area contributed by atoms with Crippen LogP contribution in [0.15, 0.2) is 30.3 Å². The van der Waals surface area contributed by atoms with E-state index < -0.39 is 6.10 Å². The summed E-state index contributed by atoms with van der Waals surface area (Å²) in [5, 5.41) is 13.0. The first-order valence-corrected chi connectivity index (χ1v) is 7.89. The van der Waals surface area contributed by atoms with Crippen LogP contribution in [0.3, 0.4) is 0 Å². The quantitative estimate of drug-likeness (QED) is 0.720. The van der Waals surface area contributed by atoms with Crippen molar-refractivity contribution in [3.63, 3.8) is 0 Å². The zero-order chi connectivity index (χ0) is 14.1. The van der Waals surface area contributed by atoms with E-state index in [4.69, 9.17) is 0 Å². The minimum Gasteiger partial charge on any atom is -0.388 e. The summed E-state index contributed by atoms with van der Waals surface area (Å²) in [6.45, 7) is 4.03. The third-order valence-electron chi connectivity index (χ3n) is 2.75. The second-order valence-electron chi connectivity index (χ2n) is 4.68. The fraction of sp³-hybridized carbons (Fsp3) is 0.533. The smallest absolute Gasteiger partial charge is 0.230 e. The van der Waals surface area contributed by atoms with E-state index in [0.29, 0.717) is 12.2 Å². The second-order valence-corrected chi connectivity index (χ2v) is 5.79. The van der Waals surface area contributed by atoms with Gasteiger partial charge in [-0.2, -0.15) is 11.8 Å². The molecule has 2 unspecified atom stereocenters. The summed E-state index contributed by atoms with van der Waals surface area (Å²) < 4.78 is 0. The number of aliphatic hydroxyl groups is 1. The number of carbonyl (C=O) groups is 1. The zero-order valence-electron chi connectivity index (χ0n) is 11.6. The first kappa shape index (κ1) is 16.1. The predicted octanol–water partition coefficient (Wildman–Crippen LogP) is 2.76. The molecule has 4 heteroatoms. The van der Waals surface area contributed by atoms with Crippen molar-refractivity contribution in [2.24, 2.45) is 0 Å². The van der Waals surface area contributed by atoms with Crippen LogP contribution in [-0.4, -0.2) is 28.6 Å². The Kier molecular flexibility index (Phi) is 7.60. The van der Waals surface area contributed by atoms with Gasteiger partial charge in [-0.25, -0.2) is 0 Å². The zero-order valence-corrected chi connectivity index (χ0v) is 12.5. The third kappa shape index (κ3) is 6.64. The molecule has 106 valence electrons. The van der Waals surface area contributed by atoms with Gasteiger partial charge in [0.2, 0.25) is 5.91 Å². The summed E-state index contributed by atoms with van der Waals surface area (Å²) in [7, 11) is 0. The SMILES string of the molecule is CCCSCC(=O)NC(C)CC(O)c1ccccc1. The van der Waals surface area contributed by atoms with E-state index in [0.717, 1.165) is 17.7 Å². The average molecular weight is 281 g/mol. The molecule has 19 heavy (non-hydrogen) atoms. The molecule has 0 heterocycles. The first-order valence-electron chi connectivity index (χ1n) is 6.73. The van der Waals surface area contributed by atoms with E-state index in [1.807, 2.05) is 37.3 Å². The van der Waals surface area contributed by atoms with Gasteiger partial charge in [0.25, 0.3) is 0 Å². The van der Waals surface area contributed by atoms with E-state index in [2.05, 4.69) is 12.2 Å². The van der Waals surface area contributed by atoms with Crippen molar-refractivity contribution < 1.29 is 9.90 Å². The van der Waals surface area contributed by atoms with Crippen LogP contribution in [0.25, 0.3) is 0 Å². The Morgan fingerprint density at radius 3 is 2.68 bits per heavy atom. The molecular weight excluding hydrogens is 258 g/mol. The molecule has 0 aliphatic carbocycles. The van der Waals surface area contributed by atoms with Gasteiger partial charge in [-0.05, 0) is 31.1 Å². The molecule has 1 aromatic rings. The van der Waals surface area contributed by atoms with Crippen LogP contribution in [0.4, 0.5) is 0 Å². The number of benzene rings is 1. The normalized spacial score (nSPS) is 13.8. The van der Waals surface area contributed by atoms with Gasteiger partial charge >= 0.3 is 0 Å². The Labute approximate surface area is 119 Å². The van der Waals surface area contributed by atoms with Gasteiger partial charge < -0.3 is 10.4 Å². The lowest BCUT2D eigenvalue weighted by atomic mass is 10.0. The van der Waals surface area contributed by atoms with Crippen LogP contribution in [0.2, 0.25) is 0 Å². The highest BCUT2D eigenvalue weighted by molar-refractivity contribution is 7.99. The number of hydrogen-bond donors (Lipinski definition) is 2. The molecule has 0 saturated carbocycles. The third-order valence-corrected chi connectivity index (χ3v) is 3.91. The highest BCUT2D eigenvalue weighted by Crippen LogP contribution is 2.17. The molecule has 1 amide bonds. The van der Waals surface area contributed by atoms with Crippen molar-refractivity contribution in [2.75, 3.05) is 11.5 Å². The standard InChI is InChI=1S/C15H23NO2S/c1-3-9-19-11-15(18)16-12(2)10-14(17)13-7-5-4-6-8-13/h4-8,12,14,17H,3,9-11H2,1-2H3,(H,16,18). The number of carbonyl (C=O) groups excluding carboxylic acids is 1. The maximum absolute atomic E-state index is 11.6. The van der Waals surface area contributed by atoms with Crippen LogP contribution >= 0.6 is 11.8 Å². The molecule has 0 aromatic heterocycles. The van der Waals surface area contributed by atoms with Crippen molar-refractivity contribution in [1.82, 2.24) is 5.32 Å². The molecule has 2 N–H and O–H groups in total. The topological polar surface area (TPSA) is 49.3 Å². The maximum Gasteiger partial charge on any atom is 0.230 e. The van der Waals surface area contributed by atoms with Gasteiger partial charge in [-0.1, -0.05) is 37.3 Å². The van der Waals surface area contributed by atoms with E-state index in [1.165, 1.54) is 0 Å². The lowest BCUT2D eigenvalue weighted by molar-refractivity contribution is -0.119. The largest absolute Gasteiger partial charge is 0.388 e. The molecule has 3 nitrogen and oxygen atoms in total. The first-order chi connectivity index (χ1) is 9.13. The van der Waals surface area contributed by atoms with Gasteiger partial charge in [0, 0.05) is 6.04 Å². The molecule has 2 atom stereocenters. The lowest BCUT2D eigenvalue weighted by Crippen LogP contribution is -2.35. The highest BCUT2D eigenvalue weighted by atomic mass is 32.2. The summed E-state index contributed by atoms with van der Waals surface area (Å²) >= 11 is 1.64. The predicted molar refractivity (Wildman–Crippen MR) is 81.2 cm³/mol. The number of rotatable bonds is 8. The number of nitrogens with one attached hydrogen (secondary N) is 1. The van der Waals surface area contributed by atoms with Crippen molar-refractivity contribution >= 4 is 17.7 Å². The maximum atomic E-state index is 11.6. The van der Waals surface area contributed by atoms with Gasteiger partial charge in [-0.15, -0.1) is 0 Å². The van der Waals surface area contributed by atoms with E-state index in [-0.39, 0.29) is 11.9 Å². The summed E-state index contributed by atoms with van der Waals surface area (Å²) in [4.78, 5) is 11.6. The van der Waals surface area contributed by atoms with Gasteiger partial charge in [0.1, 0.15) is 0 Å².